The van der Waals surface area contributed by atoms with Crippen LogP contribution in [-0.2, 0) is 16.6 Å². The number of hydrogen-bond donors (Lipinski definition) is 2. The Morgan fingerprint density at radius 1 is 1.29 bits per heavy atom. The van der Waals surface area contributed by atoms with Gasteiger partial charge in [-0.05, 0) is 46.6 Å². The van der Waals surface area contributed by atoms with Crippen LogP contribution in [0.15, 0.2) is 46.2 Å². The van der Waals surface area contributed by atoms with E-state index in [0.29, 0.717) is 16.8 Å². The van der Waals surface area contributed by atoms with E-state index in [4.69, 9.17) is 0 Å². The van der Waals surface area contributed by atoms with Gasteiger partial charge in [0.05, 0.1) is 0 Å². The molecular weight excluding hydrogens is 356 g/mol. The maximum Gasteiger partial charge on any atom is 0.244 e. The third-order valence-corrected chi connectivity index (χ3v) is 4.52. The van der Waals surface area contributed by atoms with E-state index in [0.717, 1.165) is 5.56 Å². The van der Waals surface area contributed by atoms with Gasteiger partial charge in [-0.2, -0.15) is 0 Å². The van der Waals surface area contributed by atoms with Crippen molar-refractivity contribution in [2.75, 3.05) is 11.9 Å². The summed E-state index contributed by atoms with van der Waals surface area (Å²) in [6.45, 7) is 2.66. The molecule has 112 valence electrons. The highest BCUT2D eigenvalue weighted by atomic mass is 79.9. The van der Waals surface area contributed by atoms with E-state index in [1.807, 2.05) is 6.92 Å². The number of halogens is 1. The molecule has 0 spiro atoms. The van der Waals surface area contributed by atoms with Gasteiger partial charge in [0.2, 0.25) is 10.0 Å². The van der Waals surface area contributed by atoms with Gasteiger partial charge in [-0.3, -0.25) is 4.98 Å². The van der Waals surface area contributed by atoms with Gasteiger partial charge in [-0.1, -0.05) is 0 Å². The minimum Gasteiger partial charge on any atom is -0.369 e. The lowest BCUT2D eigenvalue weighted by molar-refractivity contribution is 0.581. The van der Waals surface area contributed by atoms with Gasteiger partial charge >= 0.3 is 0 Å². The van der Waals surface area contributed by atoms with Gasteiger partial charge < -0.3 is 5.32 Å². The second-order valence-electron chi connectivity index (χ2n) is 4.21. The Morgan fingerprint density at radius 2 is 2.00 bits per heavy atom. The van der Waals surface area contributed by atoms with E-state index in [9.17, 15) is 8.42 Å². The van der Waals surface area contributed by atoms with Crippen molar-refractivity contribution in [3.05, 3.63) is 46.8 Å². The fourth-order valence-electron chi connectivity index (χ4n) is 1.68. The van der Waals surface area contributed by atoms with Gasteiger partial charge in [0.1, 0.15) is 10.7 Å². The molecule has 0 amide bonds. The quantitative estimate of drug-likeness (QED) is 0.813. The molecule has 0 aliphatic carbocycles. The summed E-state index contributed by atoms with van der Waals surface area (Å²) in [5.74, 6) is 0.336. The molecule has 0 fully saturated rings. The van der Waals surface area contributed by atoms with Crippen LogP contribution in [0.1, 0.15) is 12.5 Å². The molecule has 6 nitrogen and oxygen atoms in total. The molecular formula is C13H15BrN4O2S. The van der Waals surface area contributed by atoms with Crippen LogP contribution in [0.4, 0.5) is 5.82 Å². The van der Waals surface area contributed by atoms with Crippen LogP contribution in [0.5, 0.6) is 0 Å². The minimum atomic E-state index is -3.66. The molecule has 2 rings (SSSR count). The monoisotopic (exact) mass is 370 g/mol. The zero-order valence-electron chi connectivity index (χ0n) is 11.4. The topological polar surface area (TPSA) is 84.0 Å². The molecule has 0 unspecified atom stereocenters. The Morgan fingerprint density at radius 3 is 2.67 bits per heavy atom. The zero-order chi connectivity index (χ0) is 15.3. The van der Waals surface area contributed by atoms with Gasteiger partial charge in [-0.15, -0.1) is 0 Å². The molecule has 0 radical (unpaired) electrons. The first kappa shape index (κ1) is 15.9. The van der Waals surface area contributed by atoms with Gasteiger partial charge in [0.25, 0.3) is 0 Å². The van der Waals surface area contributed by atoms with Crippen molar-refractivity contribution in [1.82, 2.24) is 14.7 Å². The number of aromatic nitrogens is 2. The SMILES string of the molecule is CCNc1ncc(Br)cc1S(=O)(=O)NCc1ccncc1. The van der Waals surface area contributed by atoms with Crippen LogP contribution in [0.2, 0.25) is 0 Å². The number of sulfonamides is 1. The Labute approximate surface area is 132 Å². The molecule has 0 atom stereocenters. The van der Waals surface area contributed by atoms with Crippen molar-refractivity contribution in [3.63, 3.8) is 0 Å². The first-order valence-electron chi connectivity index (χ1n) is 6.31. The normalized spacial score (nSPS) is 11.3. The minimum absolute atomic E-state index is 0.118. The lowest BCUT2D eigenvalue weighted by Gasteiger charge is -2.12. The summed E-state index contributed by atoms with van der Waals surface area (Å²) in [5.41, 5.74) is 0.835. The smallest absolute Gasteiger partial charge is 0.244 e. The van der Waals surface area contributed by atoms with E-state index < -0.39 is 10.0 Å². The highest BCUT2D eigenvalue weighted by molar-refractivity contribution is 9.10. The van der Waals surface area contributed by atoms with Gasteiger partial charge in [0, 0.05) is 36.2 Å². The van der Waals surface area contributed by atoms with Crippen molar-refractivity contribution in [2.45, 2.75) is 18.4 Å². The second-order valence-corrected chi connectivity index (χ2v) is 6.86. The number of anilines is 1. The molecule has 21 heavy (non-hydrogen) atoms. The number of nitrogens with zero attached hydrogens (tertiary/aromatic N) is 2. The van der Waals surface area contributed by atoms with E-state index in [1.54, 1.807) is 30.7 Å². The zero-order valence-corrected chi connectivity index (χ0v) is 13.8. The van der Waals surface area contributed by atoms with Crippen molar-refractivity contribution in [1.29, 1.82) is 0 Å². The molecule has 0 aliphatic heterocycles. The Kier molecular flexibility index (Phi) is 5.27. The van der Waals surface area contributed by atoms with Crippen molar-refractivity contribution < 1.29 is 8.42 Å². The van der Waals surface area contributed by atoms with Crippen molar-refractivity contribution in [3.8, 4) is 0 Å². The summed E-state index contributed by atoms with van der Waals surface area (Å²) in [6.07, 6.45) is 4.79. The Hall–Kier alpha value is -1.51. The number of hydrogen-bond acceptors (Lipinski definition) is 5. The number of pyridine rings is 2. The summed E-state index contributed by atoms with van der Waals surface area (Å²) in [6, 6.07) is 5.04. The lowest BCUT2D eigenvalue weighted by Crippen LogP contribution is -2.24. The average Bonchev–Trinajstić information content (AvgIpc) is 2.48. The van der Waals surface area contributed by atoms with Crippen LogP contribution < -0.4 is 10.0 Å². The lowest BCUT2D eigenvalue weighted by atomic mass is 10.3. The maximum atomic E-state index is 12.4. The highest BCUT2D eigenvalue weighted by Gasteiger charge is 2.19. The van der Waals surface area contributed by atoms with Crippen LogP contribution in [0, 0.1) is 0 Å². The van der Waals surface area contributed by atoms with Crippen LogP contribution >= 0.6 is 15.9 Å². The predicted octanol–water partition coefficient (Wildman–Crippen LogP) is 2.15. The van der Waals surface area contributed by atoms with E-state index in [2.05, 4.69) is 35.9 Å². The molecule has 8 heteroatoms. The van der Waals surface area contributed by atoms with Crippen LogP contribution in [-0.4, -0.2) is 24.9 Å². The van der Waals surface area contributed by atoms with E-state index in [1.165, 1.54) is 6.07 Å². The molecule has 0 bridgehead atoms. The second kappa shape index (κ2) is 6.97. The van der Waals surface area contributed by atoms with Gasteiger partial charge in [-0.25, -0.2) is 18.1 Å². The number of rotatable bonds is 6. The first-order valence-corrected chi connectivity index (χ1v) is 8.58. The first-order chi connectivity index (χ1) is 10.0. The molecule has 2 aromatic rings. The standard InChI is InChI=1S/C13H15BrN4O2S/c1-2-16-13-12(7-11(14)9-17-13)21(19,20)18-8-10-3-5-15-6-4-10/h3-7,9,18H,2,8H2,1H3,(H,16,17). The summed E-state index contributed by atoms with van der Waals surface area (Å²) in [4.78, 5) is 8.12. The van der Waals surface area contributed by atoms with E-state index in [-0.39, 0.29) is 11.4 Å². The molecule has 0 saturated carbocycles. The fraction of sp³-hybridized carbons (Fsp3) is 0.231. The summed E-state index contributed by atoms with van der Waals surface area (Å²) in [5, 5.41) is 2.95. The summed E-state index contributed by atoms with van der Waals surface area (Å²) < 4.78 is 28.0. The Bertz CT molecular complexity index is 707. The van der Waals surface area contributed by atoms with Gasteiger partial charge in [0.15, 0.2) is 0 Å². The summed E-state index contributed by atoms with van der Waals surface area (Å²) in [7, 11) is -3.66. The maximum absolute atomic E-state index is 12.4. The van der Waals surface area contributed by atoms with Crippen LogP contribution in [0.25, 0.3) is 0 Å². The van der Waals surface area contributed by atoms with E-state index >= 15 is 0 Å². The molecule has 2 aromatic heterocycles. The Balaban J connectivity index is 2.24. The molecule has 2 heterocycles. The predicted molar refractivity (Wildman–Crippen MR) is 84.4 cm³/mol. The molecule has 2 N–H and O–H groups in total. The van der Waals surface area contributed by atoms with Crippen molar-refractivity contribution in [2.24, 2.45) is 0 Å². The third kappa shape index (κ3) is 4.23. The third-order valence-electron chi connectivity index (χ3n) is 2.67. The molecule has 0 aromatic carbocycles. The molecule has 0 aliphatic rings. The fourth-order valence-corrected chi connectivity index (χ4v) is 3.34. The summed E-state index contributed by atoms with van der Waals surface area (Å²) >= 11 is 3.25. The average molecular weight is 371 g/mol. The highest BCUT2D eigenvalue weighted by Crippen LogP contribution is 2.22. The van der Waals surface area contributed by atoms with Crippen molar-refractivity contribution >= 4 is 31.8 Å². The largest absolute Gasteiger partial charge is 0.369 e. The molecule has 0 saturated heterocycles. The van der Waals surface area contributed by atoms with Crippen LogP contribution in [0.3, 0.4) is 0 Å². The number of nitrogens with one attached hydrogen (secondary N) is 2.